The first-order valence-electron chi connectivity index (χ1n) is 10.2. The zero-order valence-corrected chi connectivity index (χ0v) is 21.1. The molecule has 0 saturated carbocycles. The minimum absolute atomic E-state index is 0.0679. The zero-order valence-electron chi connectivity index (χ0n) is 18.6. The maximum Gasteiger partial charge on any atom is 0.425 e. The Morgan fingerprint density at radius 2 is 2.09 bits per heavy atom. The Kier molecular flexibility index (Phi) is 8.62. The summed E-state index contributed by atoms with van der Waals surface area (Å²) in [7, 11) is -8.33. The summed E-state index contributed by atoms with van der Waals surface area (Å²) in [6.07, 6.45) is 2.11. The van der Waals surface area contributed by atoms with Gasteiger partial charge in [0.1, 0.15) is 0 Å². The fourth-order valence-electron chi connectivity index (χ4n) is 3.02. The summed E-state index contributed by atoms with van der Waals surface area (Å²) in [4.78, 5) is 52.5. The number of benzene rings is 1. The maximum absolute atomic E-state index is 11.4. The molecule has 34 heavy (non-hydrogen) atoms. The summed E-state index contributed by atoms with van der Waals surface area (Å²) in [5, 5.41) is 5.64. The number of imidazole rings is 1. The normalized spacial score (nSPS) is 13.8. The van der Waals surface area contributed by atoms with Gasteiger partial charge < -0.3 is 34.6 Å². The van der Waals surface area contributed by atoms with E-state index in [-0.39, 0.29) is 18.6 Å². The van der Waals surface area contributed by atoms with Crippen molar-refractivity contribution < 1.29 is 28.9 Å². The number of hydrogen-bond donors (Lipinski definition) is 5. The van der Waals surface area contributed by atoms with E-state index in [1.165, 1.54) is 0 Å². The smallest absolute Gasteiger partial charge is 0.425 e. The van der Waals surface area contributed by atoms with Crippen LogP contribution in [-0.4, -0.2) is 52.1 Å². The third kappa shape index (κ3) is 6.50. The monoisotopic (exact) mass is 530 g/mol. The molecule has 0 aliphatic rings. The number of rotatable bonds is 10. The van der Waals surface area contributed by atoms with Gasteiger partial charge >= 0.3 is 12.8 Å². The van der Waals surface area contributed by atoms with Gasteiger partial charge in [0.25, 0.3) is 8.00 Å². The molecule has 12 nitrogen and oxygen atoms in total. The lowest BCUT2D eigenvalue weighted by atomic mass is 10.2. The van der Waals surface area contributed by atoms with Crippen molar-refractivity contribution in [2.75, 3.05) is 17.2 Å². The van der Waals surface area contributed by atoms with E-state index >= 15 is 0 Å². The number of fused-ring (bicyclic) bond motifs is 1. The first-order valence-corrected chi connectivity index (χ1v) is 13.5. The average molecular weight is 531 g/mol. The minimum atomic E-state index is -5.00. The van der Waals surface area contributed by atoms with E-state index in [2.05, 4.69) is 25.6 Å². The third-order valence-corrected chi connectivity index (χ3v) is 7.33. The van der Waals surface area contributed by atoms with Crippen LogP contribution in [0.1, 0.15) is 33.2 Å². The molecule has 1 aromatic carbocycles. The van der Waals surface area contributed by atoms with Crippen LogP contribution in [0.3, 0.4) is 0 Å². The van der Waals surface area contributed by atoms with Crippen LogP contribution < -0.4 is 15.5 Å². The van der Waals surface area contributed by atoms with Crippen molar-refractivity contribution in [1.82, 2.24) is 19.5 Å². The average Bonchev–Trinajstić information content (AvgIpc) is 3.16. The molecule has 3 rings (SSSR count). The van der Waals surface area contributed by atoms with Gasteiger partial charge in [0.2, 0.25) is 5.95 Å². The largest absolute Gasteiger partial charge is 0.601 e. The summed E-state index contributed by atoms with van der Waals surface area (Å²) < 4.78 is 18.3. The molecular formula is C19H25ClN6O6P2. The molecule has 3 aromatic rings. The van der Waals surface area contributed by atoms with Gasteiger partial charge in [-0.05, 0) is 38.5 Å². The molecule has 0 fully saturated rings. The lowest BCUT2D eigenvalue weighted by Crippen LogP contribution is -2.27. The Hall–Kier alpha value is -2.14. The molecule has 15 heteroatoms. The van der Waals surface area contributed by atoms with E-state index in [1.807, 2.05) is 24.5 Å². The zero-order chi connectivity index (χ0) is 25.0. The van der Waals surface area contributed by atoms with Crippen LogP contribution in [0, 0.1) is 0 Å². The van der Waals surface area contributed by atoms with E-state index in [0.29, 0.717) is 34.1 Å². The Morgan fingerprint density at radius 1 is 1.35 bits per heavy atom. The van der Waals surface area contributed by atoms with Gasteiger partial charge in [0.15, 0.2) is 17.0 Å². The Morgan fingerprint density at radius 3 is 2.68 bits per heavy atom. The van der Waals surface area contributed by atoms with Gasteiger partial charge in [-0.2, -0.15) is 14.9 Å². The van der Waals surface area contributed by atoms with E-state index in [1.54, 1.807) is 31.5 Å². The molecule has 2 aromatic heterocycles. The van der Waals surface area contributed by atoms with Gasteiger partial charge in [0, 0.05) is 16.8 Å². The second-order valence-corrected chi connectivity index (χ2v) is 10.8. The summed E-state index contributed by atoms with van der Waals surface area (Å²) >= 11 is 6.09. The molecule has 0 amide bonds. The van der Waals surface area contributed by atoms with Crippen molar-refractivity contribution in [2.45, 2.75) is 39.3 Å². The molecule has 184 valence electrons. The molecule has 0 bridgehead atoms. The van der Waals surface area contributed by atoms with Crippen molar-refractivity contribution in [2.24, 2.45) is 0 Å². The van der Waals surface area contributed by atoms with E-state index < -0.39 is 26.9 Å². The third-order valence-electron chi connectivity index (χ3n) is 4.72. The fourth-order valence-corrected chi connectivity index (χ4v) is 4.53. The van der Waals surface area contributed by atoms with Crippen LogP contribution >= 0.6 is 27.2 Å². The Balaban J connectivity index is 1.93. The first-order chi connectivity index (χ1) is 16.0. The van der Waals surface area contributed by atoms with Crippen LogP contribution in [0.25, 0.3) is 11.2 Å². The number of ether oxygens (including phenoxy) is 1. The Labute approximate surface area is 201 Å². The molecule has 0 spiro atoms. The van der Waals surface area contributed by atoms with Crippen LogP contribution in [0.4, 0.5) is 17.5 Å². The van der Waals surface area contributed by atoms with Crippen molar-refractivity contribution in [1.29, 1.82) is 0 Å². The lowest BCUT2D eigenvalue weighted by molar-refractivity contribution is -0.168. The maximum atomic E-state index is 11.4. The topological polar surface area (TPSA) is 178 Å². The number of hydrogen-bond acceptors (Lipinski definition) is 9. The van der Waals surface area contributed by atoms with Gasteiger partial charge in [-0.25, -0.2) is 9.55 Å². The van der Waals surface area contributed by atoms with Crippen LogP contribution in [0.2, 0.25) is 5.02 Å². The highest BCUT2D eigenvalue weighted by molar-refractivity contribution is 7.82. The quantitative estimate of drug-likeness (QED) is 0.243. The van der Waals surface area contributed by atoms with Crippen LogP contribution in [0.5, 0.6) is 0 Å². The number of aromatic nitrogens is 4. The molecule has 2 heterocycles. The number of nitrogens with zero attached hydrogens (tertiary/aromatic N) is 4. The molecule has 0 saturated heterocycles. The van der Waals surface area contributed by atoms with Gasteiger partial charge in [0.05, 0.1) is 19.0 Å². The van der Waals surface area contributed by atoms with Gasteiger partial charge in [-0.1, -0.05) is 24.6 Å². The summed E-state index contributed by atoms with van der Waals surface area (Å²) in [6.45, 7) is 5.48. The van der Waals surface area contributed by atoms with Crippen molar-refractivity contribution in [3.63, 3.8) is 0 Å². The molecule has 0 aliphatic heterocycles. The molecule has 5 N–H and O–H groups in total. The molecular weight excluding hydrogens is 506 g/mol. The number of anilines is 3. The van der Waals surface area contributed by atoms with E-state index in [9.17, 15) is 24.1 Å². The van der Waals surface area contributed by atoms with E-state index in [0.717, 1.165) is 0 Å². The molecule has 2 unspecified atom stereocenters. The lowest BCUT2D eigenvalue weighted by Gasteiger charge is -2.18. The molecule has 2 atom stereocenters. The molecule has 0 aliphatic carbocycles. The second-order valence-electron chi connectivity index (χ2n) is 7.61. The first kappa shape index (κ1) is 26.5. The highest BCUT2D eigenvalue weighted by Crippen LogP contribution is 2.42. The highest BCUT2D eigenvalue weighted by Gasteiger charge is 2.33. The summed E-state index contributed by atoms with van der Waals surface area (Å²) in [6, 6.07) is 6.64. The van der Waals surface area contributed by atoms with Gasteiger partial charge in [-0.3, -0.25) is 0 Å². The van der Waals surface area contributed by atoms with Gasteiger partial charge in [-0.15, -0.1) is 0 Å². The SMILES string of the molecule is CCC(COC(=[P+]([O-])O)P(=O)(O)O)Nc1nc(Nc2cccc(Cl)c2)c2ncn(C(C)C)c2n1. The number of halogens is 1. The summed E-state index contributed by atoms with van der Waals surface area (Å²) in [5.41, 5.74) is 1.80. The predicted octanol–water partition coefficient (Wildman–Crippen LogP) is 2.94. The van der Waals surface area contributed by atoms with Crippen molar-refractivity contribution >= 4 is 61.0 Å². The fraction of sp³-hybridized carbons (Fsp3) is 0.368. The Bertz CT molecular complexity index is 1240. The second kappa shape index (κ2) is 11.1. The van der Waals surface area contributed by atoms with E-state index in [4.69, 9.17) is 16.3 Å². The van der Waals surface area contributed by atoms with Crippen molar-refractivity contribution in [3.05, 3.63) is 35.6 Å². The summed E-state index contributed by atoms with van der Waals surface area (Å²) in [5.74, 6) is 0.631. The minimum Gasteiger partial charge on any atom is -0.601 e. The molecule has 0 radical (unpaired) electrons. The van der Waals surface area contributed by atoms with Crippen LogP contribution in [0.15, 0.2) is 30.6 Å². The predicted molar refractivity (Wildman–Crippen MR) is 130 cm³/mol. The standard InChI is InChI=1S/C19H25ClN6O6P2/c1-4-13(9-32-19(33(27)28)34(29,30)31)23-18-24-16(22-14-7-5-6-12(20)8-14)15-17(25-18)26(10-21-15)11(2)3/h5-8,10-11,13H,4,9H2,1-3H3,(H,27,28)(H2,29,30,31)(H2,22,23,24,25). The van der Waals surface area contributed by atoms with Crippen molar-refractivity contribution in [3.8, 4) is 0 Å². The number of nitrogens with one attached hydrogen (secondary N) is 2. The van der Waals surface area contributed by atoms with Crippen LogP contribution in [-0.2, 0) is 9.30 Å². The highest BCUT2D eigenvalue weighted by atomic mass is 35.5.